The van der Waals surface area contributed by atoms with E-state index in [0.29, 0.717) is 17.3 Å². The Labute approximate surface area is 137 Å². The van der Waals surface area contributed by atoms with Crippen LogP contribution < -0.4 is 10.6 Å². The first-order valence-electron chi connectivity index (χ1n) is 5.93. The maximum Gasteiger partial charge on any atom is 0.169 e. The minimum absolute atomic E-state index is 0.325. The Morgan fingerprint density at radius 1 is 1.55 bits per heavy atom. The molecule has 0 aliphatic carbocycles. The van der Waals surface area contributed by atoms with Crippen LogP contribution in [0, 0.1) is 0 Å². The van der Waals surface area contributed by atoms with E-state index >= 15 is 0 Å². The largest absolute Gasteiger partial charge is 0.389 e. The molecule has 1 unspecified atom stereocenters. The zero-order valence-corrected chi connectivity index (χ0v) is 14.9. The van der Waals surface area contributed by atoms with E-state index in [2.05, 4.69) is 15.9 Å². The molecule has 0 aromatic heterocycles. The zero-order valence-electron chi connectivity index (χ0n) is 10.9. The summed E-state index contributed by atoms with van der Waals surface area (Å²) in [6.45, 7) is 0.702. The Morgan fingerprint density at radius 3 is 2.80 bits per heavy atom. The van der Waals surface area contributed by atoms with Gasteiger partial charge in [0.15, 0.2) is 9.84 Å². The summed E-state index contributed by atoms with van der Waals surface area (Å²) in [5, 5.41) is -0.492. The normalized spacial score (nSPS) is 19.9. The monoisotopic (exact) mass is 394 g/mol. The van der Waals surface area contributed by atoms with Gasteiger partial charge in [0, 0.05) is 34.3 Å². The zero-order chi connectivity index (χ0) is 14.9. The van der Waals surface area contributed by atoms with E-state index in [4.69, 9.17) is 18.0 Å². The molecule has 1 fully saturated rings. The number of nitrogens with zero attached hydrogens (tertiary/aromatic N) is 1. The molecule has 20 heavy (non-hydrogen) atoms. The molecule has 0 spiro atoms. The lowest BCUT2D eigenvalue weighted by Gasteiger charge is -2.36. The summed E-state index contributed by atoms with van der Waals surface area (Å²) in [6.07, 6.45) is 1.29. The minimum Gasteiger partial charge on any atom is -0.389 e. The van der Waals surface area contributed by atoms with E-state index in [-0.39, 0.29) is 0 Å². The summed E-state index contributed by atoms with van der Waals surface area (Å²) >= 11 is 10.1. The molecule has 0 radical (unpaired) electrons. The highest BCUT2D eigenvalue weighted by atomic mass is 79.9. The van der Waals surface area contributed by atoms with Gasteiger partial charge < -0.3 is 10.6 Å². The van der Waals surface area contributed by atoms with E-state index < -0.39 is 15.2 Å². The van der Waals surface area contributed by atoms with Crippen LogP contribution in [0.25, 0.3) is 0 Å². The van der Waals surface area contributed by atoms with Crippen LogP contribution in [0.2, 0.25) is 0 Å². The summed E-state index contributed by atoms with van der Waals surface area (Å²) in [4.78, 5) is 2.25. The van der Waals surface area contributed by atoms with E-state index in [9.17, 15) is 8.42 Å². The molecule has 1 aliphatic heterocycles. The fourth-order valence-electron chi connectivity index (χ4n) is 2.10. The number of anilines is 1. The molecule has 1 atom stereocenters. The van der Waals surface area contributed by atoms with Crippen LogP contribution in [-0.2, 0) is 9.84 Å². The Balaban J connectivity index is 2.40. The van der Waals surface area contributed by atoms with Crippen molar-refractivity contribution in [2.75, 3.05) is 29.2 Å². The van der Waals surface area contributed by atoms with E-state index in [0.717, 1.165) is 21.5 Å². The molecule has 0 amide bonds. The molecule has 8 heteroatoms. The standard InChI is InChI=1S/C12H15BrN2O2S3/c1-20(16,17)11-7-19-5-4-15(11)10-3-2-8(12(14)18)6-9(10)13/h2-3,6,11H,4-5,7H2,1H3,(H2,14,18). The number of rotatable bonds is 3. The number of benzene rings is 1. The second-order valence-corrected chi connectivity index (χ2v) is 9.23. The highest BCUT2D eigenvalue weighted by Gasteiger charge is 2.32. The second kappa shape index (κ2) is 6.21. The van der Waals surface area contributed by atoms with Crippen molar-refractivity contribution >= 4 is 60.4 Å². The summed E-state index contributed by atoms with van der Waals surface area (Å²) in [5.74, 6) is 1.50. The van der Waals surface area contributed by atoms with Gasteiger partial charge in [-0.1, -0.05) is 12.2 Å². The van der Waals surface area contributed by atoms with E-state index in [1.165, 1.54) is 6.26 Å². The third kappa shape index (κ3) is 3.47. The van der Waals surface area contributed by atoms with Gasteiger partial charge in [0.2, 0.25) is 0 Å². The first-order valence-corrected chi connectivity index (χ1v) is 10.2. The minimum atomic E-state index is -3.13. The summed E-state index contributed by atoms with van der Waals surface area (Å²) in [6, 6.07) is 5.52. The maximum atomic E-state index is 11.9. The van der Waals surface area contributed by atoms with Crippen LogP contribution in [0.15, 0.2) is 22.7 Å². The predicted molar refractivity (Wildman–Crippen MR) is 93.3 cm³/mol. The number of hydrogen-bond acceptors (Lipinski definition) is 5. The fourth-order valence-corrected chi connectivity index (χ4v) is 5.67. The summed E-state index contributed by atoms with van der Waals surface area (Å²) < 4.78 is 24.7. The van der Waals surface area contributed by atoms with Gasteiger partial charge in [0.25, 0.3) is 0 Å². The molecule has 1 aromatic carbocycles. The van der Waals surface area contributed by atoms with Gasteiger partial charge in [-0.3, -0.25) is 0 Å². The van der Waals surface area contributed by atoms with Crippen LogP contribution in [0.4, 0.5) is 5.69 Å². The van der Waals surface area contributed by atoms with Crippen molar-refractivity contribution in [1.82, 2.24) is 0 Å². The average Bonchev–Trinajstić information content (AvgIpc) is 2.37. The molecule has 1 aromatic rings. The molecule has 1 aliphatic rings. The first-order chi connectivity index (χ1) is 9.30. The number of thiocarbonyl (C=S) groups is 1. The fraction of sp³-hybridized carbons (Fsp3) is 0.417. The van der Waals surface area contributed by atoms with Crippen LogP contribution in [0.5, 0.6) is 0 Å². The molecule has 110 valence electrons. The van der Waals surface area contributed by atoms with Crippen molar-refractivity contribution in [3.8, 4) is 0 Å². The van der Waals surface area contributed by atoms with Crippen LogP contribution >= 0.6 is 39.9 Å². The number of sulfone groups is 1. The third-order valence-electron chi connectivity index (χ3n) is 3.12. The van der Waals surface area contributed by atoms with Crippen molar-refractivity contribution in [1.29, 1.82) is 0 Å². The summed E-state index contributed by atoms with van der Waals surface area (Å²) in [7, 11) is -3.13. The van der Waals surface area contributed by atoms with Crippen LogP contribution in [0.1, 0.15) is 5.56 Å². The molecule has 1 saturated heterocycles. The smallest absolute Gasteiger partial charge is 0.169 e. The highest BCUT2D eigenvalue weighted by molar-refractivity contribution is 9.10. The molecular formula is C12H15BrN2O2S3. The molecule has 2 N–H and O–H groups in total. The van der Waals surface area contributed by atoms with Gasteiger partial charge >= 0.3 is 0 Å². The molecule has 0 bridgehead atoms. The van der Waals surface area contributed by atoms with Crippen molar-refractivity contribution in [3.05, 3.63) is 28.2 Å². The maximum absolute atomic E-state index is 11.9. The Hall–Kier alpha value is -0.310. The van der Waals surface area contributed by atoms with Crippen molar-refractivity contribution in [2.45, 2.75) is 5.37 Å². The molecule has 2 rings (SSSR count). The molecule has 4 nitrogen and oxygen atoms in total. The second-order valence-electron chi connectivity index (χ2n) is 4.58. The van der Waals surface area contributed by atoms with E-state index in [1.54, 1.807) is 11.8 Å². The van der Waals surface area contributed by atoms with Gasteiger partial charge in [0.1, 0.15) is 10.4 Å². The van der Waals surface area contributed by atoms with Crippen LogP contribution in [-0.4, -0.2) is 43.1 Å². The van der Waals surface area contributed by atoms with Crippen molar-refractivity contribution in [3.63, 3.8) is 0 Å². The van der Waals surface area contributed by atoms with Gasteiger partial charge in [-0.25, -0.2) is 8.42 Å². The van der Waals surface area contributed by atoms with Crippen LogP contribution in [0.3, 0.4) is 0 Å². The highest BCUT2D eigenvalue weighted by Crippen LogP contribution is 2.33. The van der Waals surface area contributed by atoms with Gasteiger partial charge in [0.05, 0.1) is 5.69 Å². The quantitative estimate of drug-likeness (QED) is 0.790. The Morgan fingerprint density at radius 2 is 2.25 bits per heavy atom. The number of nitrogens with two attached hydrogens (primary N) is 1. The van der Waals surface area contributed by atoms with E-state index in [1.807, 2.05) is 23.1 Å². The Kier molecular flexibility index (Phi) is 4.99. The molecule has 0 saturated carbocycles. The summed E-state index contributed by atoms with van der Waals surface area (Å²) in [5.41, 5.74) is 7.23. The van der Waals surface area contributed by atoms with Crippen molar-refractivity contribution < 1.29 is 8.42 Å². The topological polar surface area (TPSA) is 63.4 Å². The molecule has 1 heterocycles. The number of thioether (sulfide) groups is 1. The SMILES string of the molecule is CS(=O)(=O)C1CSCCN1c1ccc(C(N)=S)cc1Br. The van der Waals surface area contributed by atoms with Crippen molar-refractivity contribution in [2.24, 2.45) is 5.73 Å². The van der Waals surface area contributed by atoms with Gasteiger partial charge in [-0.15, -0.1) is 0 Å². The lowest BCUT2D eigenvalue weighted by molar-refractivity contribution is 0.584. The predicted octanol–water partition coefficient (Wildman–Crippen LogP) is 2.01. The molecular weight excluding hydrogens is 380 g/mol. The number of hydrogen-bond donors (Lipinski definition) is 1. The lowest BCUT2D eigenvalue weighted by Crippen LogP contribution is -2.47. The van der Waals surface area contributed by atoms with Gasteiger partial charge in [-0.2, -0.15) is 11.8 Å². The first kappa shape index (κ1) is 16.1. The Bertz CT molecular complexity index is 634. The number of halogens is 1. The van der Waals surface area contributed by atoms with Gasteiger partial charge in [-0.05, 0) is 34.1 Å². The lowest BCUT2D eigenvalue weighted by atomic mass is 10.2. The average molecular weight is 395 g/mol. The third-order valence-corrected chi connectivity index (χ3v) is 6.63.